The van der Waals surface area contributed by atoms with Crippen LogP contribution in [0, 0.1) is 13.8 Å². The lowest BCUT2D eigenvalue weighted by atomic mass is 10.1. The fraction of sp³-hybridized carbons (Fsp3) is 0.125. The van der Waals surface area contributed by atoms with Crippen LogP contribution in [-0.4, -0.2) is 17.7 Å². The van der Waals surface area contributed by atoms with E-state index in [4.69, 9.17) is 9.47 Å². The van der Waals surface area contributed by atoms with Gasteiger partial charge in [-0.25, -0.2) is 9.59 Å². The number of benzene rings is 3. The van der Waals surface area contributed by atoms with Gasteiger partial charge in [-0.15, -0.1) is 0 Å². The van der Waals surface area contributed by atoms with E-state index in [2.05, 4.69) is 0 Å². The van der Waals surface area contributed by atoms with Gasteiger partial charge in [-0.05, 0) is 63.2 Å². The Hall–Kier alpha value is -3.73. The number of hydrogen-bond acceptors (Lipinski definition) is 5. The van der Waals surface area contributed by atoms with Crippen molar-refractivity contribution in [3.8, 4) is 11.5 Å². The van der Waals surface area contributed by atoms with E-state index < -0.39 is 11.9 Å². The van der Waals surface area contributed by atoms with Crippen LogP contribution >= 0.6 is 0 Å². The lowest BCUT2D eigenvalue weighted by Gasteiger charge is -2.11. The average Bonchev–Trinajstić information content (AvgIpc) is 2.69. The molecule has 3 rings (SSSR count). The van der Waals surface area contributed by atoms with Gasteiger partial charge >= 0.3 is 11.9 Å². The number of ether oxygens (including phenoxy) is 2. The summed E-state index contributed by atoms with van der Waals surface area (Å²) in [5.41, 5.74) is 2.97. The summed E-state index contributed by atoms with van der Waals surface area (Å²) < 4.78 is 10.7. The molecule has 5 heteroatoms. The molecule has 0 aliphatic heterocycles. The van der Waals surface area contributed by atoms with E-state index in [1.165, 1.54) is 25.1 Å². The maximum Gasteiger partial charge on any atom is 0.343 e. The zero-order chi connectivity index (χ0) is 21.0. The summed E-state index contributed by atoms with van der Waals surface area (Å²) in [5.74, 6) is -1.13. The van der Waals surface area contributed by atoms with Crippen molar-refractivity contribution in [1.82, 2.24) is 0 Å². The molecule has 0 aliphatic rings. The molecule has 3 aromatic carbocycles. The first-order chi connectivity index (χ1) is 13.8. The van der Waals surface area contributed by atoms with Crippen molar-refractivity contribution < 1.29 is 23.9 Å². The van der Waals surface area contributed by atoms with Crippen molar-refractivity contribution in [2.45, 2.75) is 20.8 Å². The molecule has 0 saturated carbocycles. The molecular weight excluding hydrogens is 368 g/mol. The van der Waals surface area contributed by atoms with E-state index in [9.17, 15) is 14.4 Å². The van der Waals surface area contributed by atoms with Crippen LogP contribution in [0.2, 0.25) is 0 Å². The highest BCUT2D eigenvalue weighted by Crippen LogP contribution is 2.26. The van der Waals surface area contributed by atoms with Gasteiger partial charge in [-0.3, -0.25) is 4.79 Å². The van der Waals surface area contributed by atoms with Crippen LogP contribution in [0.5, 0.6) is 11.5 Å². The first-order valence-electron chi connectivity index (χ1n) is 9.06. The molecule has 0 radical (unpaired) electrons. The van der Waals surface area contributed by atoms with Gasteiger partial charge in [-0.1, -0.05) is 35.4 Å². The van der Waals surface area contributed by atoms with Crippen molar-refractivity contribution in [2.24, 2.45) is 0 Å². The molecule has 0 aliphatic carbocycles. The second kappa shape index (κ2) is 8.52. The van der Waals surface area contributed by atoms with Gasteiger partial charge in [0.2, 0.25) is 0 Å². The third-order valence-electron chi connectivity index (χ3n) is 4.32. The maximum absolute atomic E-state index is 12.4. The standard InChI is InChI=1S/C24H20O5/c1-15-4-8-18(9-5-15)23(26)28-20-12-13-22(21(14-20)17(3)25)29-24(27)19-10-6-16(2)7-11-19/h4-14H,1-3H3. The molecule has 0 aromatic heterocycles. The normalized spacial score (nSPS) is 10.3. The summed E-state index contributed by atoms with van der Waals surface area (Å²) in [7, 11) is 0. The van der Waals surface area contributed by atoms with E-state index in [-0.39, 0.29) is 22.8 Å². The number of esters is 2. The zero-order valence-electron chi connectivity index (χ0n) is 16.4. The van der Waals surface area contributed by atoms with Crippen LogP contribution in [0.15, 0.2) is 66.7 Å². The van der Waals surface area contributed by atoms with Crippen LogP contribution < -0.4 is 9.47 Å². The number of ketones is 1. The van der Waals surface area contributed by atoms with Crippen LogP contribution in [0.25, 0.3) is 0 Å². The molecule has 0 N–H and O–H groups in total. The van der Waals surface area contributed by atoms with E-state index in [1.807, 2.05) is 26.0 Å². The Bertz CT molecular complexity index is 1060. The van der Waals surface area contributed by atoms with Crippen molar-refractivity contribution in [3.05, 3.63) is 94.5 Å². The van der Waals surface area contributed by atoms with Gasteiger partial charge in [0.05, 0.1) is 16.7 Å². The summed E-state index contributed by atoms with van der Waals surface area (Å²) in [6, 6.07) is 18.2. The zero-order valence-corrected chi connectivity index (χ0v) is 16.4. The number of Topliss-reactive ketones (excluding diaryl/α,β-unsaturated/α-hetero) is 1. The van der Waals surface area contributed by atoms with Crippen LogP contribution in [0.1, 0.15) is 49.1 Å². The van der Waals surface area contributed by atoms with Gasteiger partial charge in [0.1, 0.15) is 11.5 Å². The number of carbonyl (C=O) groups is 3. The summed E-state index contributed by atoms with van der Waals surface area (Å²) in [6.45, 7) is 5.19. The summed E-state index contributed by atoms with van der Waals surface area (Å²) in [4.78, 5) is 36.7. The second-order valence-electron chi connectivity index (χ2n) is 6.73. The minimum Gasteiger partial charge on any atom is -0.423 e. The highest BCUT2D eigenvalue weighted by molar-refractivity contribution is 5.99. The molecular formula is C24H20O5. The third kappa shape index (κ3) is 4.96. The first kappa shape index (κ1) is 20.0. The molecule has 0 atom stereocenters. The quantitative estimate of drug-likeness (QED) is 0.352. The molecule has 0 fully saturated rings. The number of carbonyl (C=O) groups excluding carboxylic acids is 3. The minimum atomic E-state index is -0.572. The highest BCUT2D eigenvalue weighted by atomic mass is 16.5. The smallest absolute Gasteiger partial charge is 0.343 e. The molecule has 0 heterocycles. The van der Waals surface area contributed by atoms with E-state index in [1.54, 1.807) is 36.4 Å². The average molecular weight is 388 g/mol. The number of aryl methyl sites for hydroxylation is 2. The van der Waals surface area contributed by atoms with Crippen molar-refractivity contribution in [1.29, 1.82) is 0 Å². The SMILES string of the molecule is CC(=O)c1cc(OC(=O)c2ccc(C)cc2)ccc1OC(=O)c1ccc(C)cc1. The molecule has 0 bridgehead atoms. The fourth-order valence-corrected chi connectivity index (χ4v) is 2.64. The Morgan fingerprint density at radius 2 is 1.14 bits per heavy atom. The summed E-state index contributed by atoms with van der Waals surface area (Å²) in [5, 5.41) is 0. The highest BCUT2D eigenvalue weighted by Gasteiger charge is 2.17. The topological polar surface area (TPSA) is 69.7 Å². The van der Waals surface area contributed by atoms with Gasteiger partial charge < -0.3 is 9.47 Å². The van der Waals surface area contributed by atoms with Crippen LogP contribution in [0.4, 0.5) is 0 Å². The summed E-state index contributed by atoms with van der Waals surface area (Å²) >= 11 is 0. The molecule has 5 nitrogen and oxygen atoms in total. The number of hydrogen-bond donors (Lipinski definition) is 0. The lowest BCUT2D eigenvalue weighted by molar-refractivity contribution is 0.0716. The Balaban J connectivity index is 1.80. The fourth-order valence-electron chi connectivity index (χ4n) is 2.64. The van der Waals surface area contributed by atoms with Gasteiger partial charge in [0, 0.05) is 0 Å². The third-order valence-corrected chi connectivity index (χ3v) is 4.32. The Morgan fingerprint density at radius 1 is 0.655 bits per heavy atom. The van der Waals surface area contributed by atoms with Crippen LogP contribution in [0.3, 0.4) is 0 Å². The molecule has 3 aromatic rings. The van der Waals surface area contributed by atoms with E-state index in [0.717, 1.165) is 11.1 Å². The Labute approximate surface area is 168 Å². The molecule has 0 amide bonds. The van der Waals surface area contributed by atoms with Crippen molar-refractivity contribution in [2.75, 3.05) is 0 Å². The molecule has 146 valence electrons. The van der Waals surface area contributed by atoms with Crippen molar-refractivity contribution >= 4 is 17.7 Å². The Kier molecular flexibility index (Phi) is 5.88. The maximum atomic E-state index is 12.4. The number of rotatable bonds is 5. The molecule has 0 unspecified atom stereocenters. The van der Waals surface area contributed by atoms with Gasteiger partial charge in [0.15, 0.2) is 5.78 Å². The van der Waals surface area contributed by atoms with Gasteiger partial charge in [-0.2, -0.15) is 0 Å². The predicted octanol–water partition coefficient (Wildman–Crippen LogP) is 4.94. The minimum absolute atomic E-state index is 0.109. The van der Waals surface area contributed by atoms with E-state index >= 15 is 0 Å². The Morgan fingerprint density at radius 3 is 1.62 bits per heavy atom. The first-order valence-corrected chi connectivity index (χ1v) is 9.06. The monoisotopic (exact) mass is 388 g/mol. The van der Waals surface area contributed by atoms with Crippen molar-refractivity contribution in [3.63, 3.8) is 0 Å². The molecule has 0 saturated heterocycles. The summed E-state index contributed by atoms with van der Waals surface area (Å²) in [6.07, 6.45) is 0. The molecule has 0 spiro atoms. The largest absolute Gasteiger partial charge is 0.423 e. The lowest BCUT2D eigenvalue weighted by Crippen LogP contribution is -2.12. The molecule has 29 heavy (non-hydrogen) atoms. The van der Waals surface area contributed by atoms with Gasteiger partial charge in [0.25, 0.3) is 0 Å². The van der Waals surface area contributed by atoms with E-state index in [0.29, 0.717) is 11.1 Å². The second-order valence-corrected chi connectivity index (χ2v) is 6.73. The predicted molar refractivity (Wildman–Crippen MR) is 109 cm³/mol. The van der Waals surface area contributed by atoms with Crippen LogP contribution in [-0.2, 0) is 0 Å².